The van der Waals surface area contributed by atoms with Crippen molar-refractivity contribution < 1.29 is 27.9 Å². The van der Waals surface area contributed by atoms with Gasteiger partial charge in [-0.2, -0.15) is 0 Å². The van der Waals surface area contributed by atoms with Crippen molar-refractivity contribution in [2.45, 2.75) is 102 Å². The molecular weight excluding hydrogens is 580 g/mol. The number of likely N-dealkylation sites (tertiary alicyclic amines) is 1. The highest BCUT2D eigenvalue weighted by atomic mass is 32.2. The number of sulfonamides is 1. The largest absolute Gasteiger partial charge is 0.450 e. The maximum atomic E-state index is 14.5. The van der Waals surface area contributed by atoms with Crippen molar-refractivity contribution in [2.24, 2.45) is 16.8 Å². The second-order valence-corrected chi connectivity index (χ2v) is 14.5. The standard InChI is InChI=1S/C33H48N4O6S/c1-8-42-32(38)37-14-12-26(13-15-37)33(7)29(17-23-10-9-11-24(16-23)31(34)35-39)36-44(40,41)30-27(21(4)5)18-25(20(2)3)19-28(30)22(6)43-33/h9-11,16,18-22,26,29,36,39H,8,12-15,17H2,1-7H3,(H2,34,35)/t22?,29-,33?/m0/s1. The van der Waals surface area contributed by atoms with E-state index in [9.17, 15) is 18.4 Å². The fourth-order valence-electron chi connectivity index (χ4n) is 6.59. The Morgan fingerprint density at radius 2 is 1.86 bits per heavy atom. The zero-order chi connectivity index (χ0) is 32.4. The third-order valence-corrected chi connectivity index (χ3v) is 10.8. The highest BCUT2D eigenvalue weighted by Crippen LogP contribution is 2.44. The van der Waals surface area contributed by atoms with Crippen LogP contribution in [0.1, 0.15) is 107 Å². The molecule has 1 fully saturated rings. The first-order valence-corrected chi connectivity index (χ1v) is 17.1. The number of ether oxygens (including phenoxy) is 2. The lowest BCUT2D eigenvalue weighted by Gasteiger charge is -2.49. The lowest BCUT2D eigenvalue weighted by atomic mass is 9.75. The minimum Gasteiger partial charge on any atom is -0.450 e. The van der Waals surface area contributed by atoms with Crippen LogP contribution in [0.2, 0.25) is 0 Å². The average molecular weight is 629 g/mol. The molecule has 2 aromatic rings. The van der Waals surface area contributed by atoms with Crippen molar-refractivity contribution in [3.05, 3.63) is 64.2 Å². The number of carbonyl (C=O) groups excluding carboxylic acids is 1. The van der Waals surface area contributed by atoms with Crippen molar-refractivity contribution >= 4 is 22.0 Å². The van der Waals surface area contributed by atoms with E-state index in [0.29, 0.717) is 55.0 Å². The Bertz CT molecular complexity index is 1480. The quantitative estimate of drug-likeness (QED) is 0.156. The third kappa shape index (κ3) is 6.89. The van der Waals surface area contributed by atoms with E-state index in [1.165, 1.54) is 0 Å². The number of nitrogens with zero attached hydrogens (tertiary/aromatic N) is 2. The molecule has 11 heteroatoms. The van der Waals surface area contributed by atoms with Crippen LogP contribution in [-0.4, -0.2) is 61.8 Å². The molecule has 2 aromatic carbocycles. The molecule has 2 unspecified atom stereocenters. The van der Waals surface area contributed by atoms with E-state index < -0.39 is 27.8 Å². The minimum absolute atomic E-state index is 0.0273. The molecule has 1 amide bonds. The Balaban J connectivity index is 1.84. The van der Waals surface area contributed by atoms with E-state index >= 15 is 0 Å². The number of carbonyl (C=O) groups is 1. The van der Waals surface area contributed by atoms with Gasteiger partial charge in [0.05, 0.1) is 29.2 Å². The number of hydrogen-bond donors (Lipinski definition) is 3. The first-order valence-electron chi connectivity index (χ1n) is 15.6. The molecule has 2 aliphatic rings. The van der Waals surface area contributed by atoms with Crippen LogP contribution in [-0.2, 0) is 25.9 Å². The van der Waals surface area contributed by atoms with Crippen LogP contribution in [0, 0.1) is 5.92 Å². The summed E-state index contributed by atoms with van der Waals surface area (Å²) < 4.78 is 44.4. The van der Waals surface area contributed by atoms with Gasteiger partial charge in [-0.05, 0) is 80.5 Å². The van der Waals surface area contributed by atoms with E-state index in [1.807, 2.05) is 45.9 Å². The summed E-state index contributed by atoms with van der Waals surface area (Å²) in [6, 6.07) is 10.6. The van der Waals surface area contributed by atoms with E-state index in [-0.39, 0.29) is 29.7 Å². The molecule has 4 N–H and O–H groups in total. The fourth-order valence-corrected chi connectivity index (χ4v) is 8.54. The van der Waals surface area contributed by atoms with Gasteiger partial charge in [0, 0.05) is 24.2 Å². The molecule has 0 bridgehead atoms. The summed E-state index contributed by atoms with van der Waals surface area (Å²) in [5.74, 6) is 0.0928. The number of rotatable bonds is 7. The zero-order valence-electron chi connectivity index (χ0n) is 27.0. The van der Waals surface area contributed by atoms with Gasteiger partial charge in [-0.3, -0.25) is 0 Å². The molecule has 0 spiro atoms. The van der Waals surface area contributed by atoms with Crippen LogP contribution in [0.25, 0.3) is 0 Å². The summed E-state index contributed by atoms with van der Waals surface area (Å²) in [5.41, 5.74) is 8.79. The molecule has 4 rings (SSSR count). The summed E-state index contributed by atoms with van der Waals surface area (Å²) in [6.45, 7) is 15.2. The summed E-state index contributed by atoms with van der Waals surface area (Å²) in [4.78, 5) is 14.5. The van der Waals surface area contributed by atoms with Crippen molar-refractivity contribution in [1.82, 2.24) is 9.62 Å². The van der Waals surface area contributed by atoms with Crippen molar-refractivity contribution in [2.75, 3.05) is 19.7 Å². The summed E-state index contributed by atoms with van der Waals surface area (Å²) >= 11 is 0. The molecule has 10 nitrogen and oxygen atoms in total. The number of nitrogens with two attached hydrogens (primary N) is 1. The van der Waals surface area contributed by atoms with Crippen LogP contribution in [0.15, 0.2) is 46.4 Å². The molecule has 0 aromatic heterocycles. The summed E-state index contributed by atoms with van der Waals surface area (Å²) in [7, 11) is -4.00. The number of oxime groups is 1. The minimum atomic E-state index is -4.00. The number of fused-ring (bicyclic) bond motifs is 1. The second-order valence-electron chi connectivity index (χ2n) is 12.8. The predicted molar refractivity (Wildman–Crippen MR) is 171 cm³/mol. The number of amides is 1. The van der Waals surface area contributed by atoms with Gasteiger partial charge in [0.15, 0.2) is 5.84 Å². The van der Waals surface area contributed by atoms with Gasteiger partial charge in [0.25, 0.3) is 0 Å². The van der Waals surface area contributed by atoms with Crippen LogP contribution in [0.5, 0.6) is 0 Å². The summed E-state index contributed by atoms with van der Waals surface area (Å²) in [5, 5.41) is 12.4. The molecule has 2 heterocycles. The van der Waals surface area contributed by atoms with E-state index in [1.54, 1.807) is 30.0 Å². The number of amidine groups is 1. The Morgan fingerprint density at radius 3 is 2.45 bits per heavy atom. The lowest BCUT2D eigenvalue weighted by Crippen LogP contribution is -2.60. The Hall–Kier alpha value is -3.15. The maximum absolute atomic E-state index is 14.5. The second kappa shape index (κ2) is 13.5. The molecule has 0 radical (unpaired) electrons. The first kappa shape index (κ1) is 33.7. The van der Waals surface area contributed by atoms with E-state index in [4.69, 9.17) is 15.2 Å². The summed E-state index contributed by atoms with van der Waals surface area (Å²) in [6.07, 6.45) is 0.707. The van der Waals surface area contributed by atoms with E-state index in [0.717, 1.165) is 16.7 Å². The van der Waals surface area contributed by atoms with Gasteiger partial charge in [0.2, 0.25) is 10.0 Å². The molecule has 242 valence electrons. The van der Waals surface area contributed by atoms with Crippen LogP contribution in [0.3, 0.4) is 0 Å². The molecule has 3 atom stereocenters. The monoisotopic (exact) mass is 628 g/mol. The van der Waals surface area contributed by atoms with Gasteiger partial charge < -0.3 is 25.3 Å². The molecule has 0 aliphatic carbocycles. The molecule has 44 heavy (non-hydrogen) atoms. The van der Waals surface area contributed by atoms with E-state index in [2.05, 4.69) is 23.7 Å². The normalized spacial score (nSPS) is 24.6. The van der Waals surface area contributed by atoms with Gasteiger partial charge in [-0.1, -0.05) is 63.2 Å². The van der Waals surface area contributed by atoms with Crippen molar-refractivity contribution in [3.8, 4) is 0 Å². The third-order valence-electron chi connectivity index (χ3n) is 9.19. The van der Waals surface area contributed by atoms with Gasteiger partial charge in [-0.15, -0.1) is 0 Å². The first-order chi connectivity index (χ1) is 20.7. The van der Waals surface area contributed by atoms with Crippen LogP contribution < -0.4 is 10.5 Å². The highest BCUT2D eigenvalue weighted by Gasteiger charge is 2.49. The highest BCUT2D eigenvalue weighted by molar-refractivity contribution is 7.89. The smallest absolute Gasteiger partial charge is 0.409 e. The number of hydrogen-bond acceptors (Lipinski definition) is 7. The topological polar surface area (TPSA) is 144 Å². The SMILES string of the molecule is CCOC(=O)N1CCC(C2(C)OC(C)c3cc(C(C)C)cc(C(C)C)c3S(=O)(=O)N[C@H]2Cc2cccc(C(N)=NO)c2)CC1. The van der Waals surface area contributed by atoms with Gasteiger partial charge in [0.1, 0.15) is 0 Å². The molecule has 0 saturated carbocycles. The molecule has 1 saturated heterocycles. The van der Waals surface area contributed by atoms with Crippen LogP contribution >= 0.6 is 0 Å². The van der Waals surface area contributed by atoms with Crippen molar-refractivity contribution in [3.63, 3.8) is 0 Å². The predicted octanol–water partition coefficient (Wildman–Crippen LogP) is 5.64. The zero-order valence-corrected chi connectivity index (χ0v) is 27.8. The Labute approximate surface area is 262 Å². The number of benzene rings is 2. The Morgan fingerprint density at radius 1 is 1.18 bits per heavy atom. The molecular formula is C33H48N4O6S. The maximum Gasteiger partial charge on any atom is 0.409 e. The number of piperidine rings is 1. The Kier molecular flexibility index (Phi) is 10.3. The van der Waals surface area contributed by atoms with Gasteiger partial charge >= 0.3 is 6.09 Å². The average Bonchev–Trinajstić information content (AvgIpc) is 2.99. The van der Waals surface area contributed by atoms with Gasteiger partial charge in [-0.25, -0.2) is 17.9 Å². The number of nitrogens with one attached hydrogen (secondary N) is 1. The van der Waals surface area contributed by atoms with Crippen LogP contribution in [0.4, 0.5) is 4.79 Å². The molecule has 2 aliphatic heterocycles. The lowest BCUT2D eigenvalue weighted by molar-refractivity contribution is -0.141. The van der Waals surface area contributed by atoms with Crippen molar-refractivity contribution in [1.29, 1.82) is 0 Å². The fraction of sp³-hybridized carbons (Fsp3) is 0.576.